The monoisotopic (exact) mass is 284 g/mol. The molecule has 1 saturated carbocycles. The predicted molar refractivity (Wildman–Crippen MR) is 72.8 cm³/mol. The van der Waals surface area contributed by atoms with Crippen LogP contribution in [0.2, 0.25) is 0 Å². The number of aliphatic hydroxyl groups is 2. The molecule has 2 fully saturated rings. The van der Waals surface area contributed by atoms with Gasteiger partial charge >= 0.3 is 0 Å². The Bertz CT molecular complexity index is 351. The van der Waals surface area contributed by atoms with Crippen LogP contribution in [0.15, 0.2) is 0 Å². The van der Waals surface area contributed by atoms with Crippen LogP contribution in [0.1, 0.15) is 25.7 Å². The Kier molecular flexibility index (Phi) is 5.37. The quantitative estimate of drug-likeness (QED) is 0.685. The first kappa shape index (κ1) is 15.3. The Labute approximate surface area is 119 Å². The van der Waals surface area contributed by atoms with Crippen LogP contribution in [-0.4, -0.2) is 71.2 Å². The van der Waals surface area contributed by atoms with Crippen molar-refractivity contribution in [3.05, 3.63) is 0 Å². The lowest BCUT2D eigenvalue weighted by molar-refractivity contribution is -0.142. The molecule has 2 aliphatic rings. The second-order valence-electron chi connectivity index (χ2n) is 5.67. The molecule has 1 aliphatic carbocycles. The Morgan fingerprint density at radius 3 is 2.25 bits per heavy atom. The van der Waals surface area contributed by atoms with Gasteiger partial charge in [-0.25, -0.2) is 0 Å². The van der Waals surface area contributed by atoms with Crippen molar-refractivity contribution in [3.8, 4) is 0 Å². The number of likely N-dealkylation sites (tertiary alicyclic amines) is 1. The number of amides is 2. The van der Waals surface area contributed by atoms with Crippen LogP contribution >= 0.6 is 0 Å². The van der Waals surface area contributed by atoms with E-state index in [1.54, 1.807) is 0 Å². The van der Waals surface area contributed by atoms with Gasteiger partial charge < -0.3 is 20.0 Å². The number of hydrogen-bond acceptors (Lipinski definition) is 4. The molecular formula is C14H24N2O4. The summed E-state index contributed by atoms with van der Waals surface area (Å²) in [5, 5.41) is 18.0. The number of carbonyl (C=O) groups excluding carboxylic acids is 2. The first-order valence-corrected chi connectivity index (χ1v) is 7.46. The van der Waals surface area contributed by atoms with Gasteiger partial charge in [-0.1, -0.05) is 0 Å². The fraction of sp³-hybridized carbons (Fsp3) is 0.857. The van der Waals surface area contributed by atoms with E-state index in [0.29, 0.717) is 6.54 Å². The molecule has 0 aromatic heterocycles. The van der Waals surface area contributed by atoms with Crippen molar-refractivity contribution in [2.24, 2.45) is 11.8 Å². The molecule has 1 atom stereocenters. The number of hydrogen-bond donors (Lipinski definition) is 2. The number of nitrogens with zero attached hydrogens (tertiary/aromatic N) is 2. The molecule has 2 N–H and O–H groups in total. The molecule has 1 saturated heterocycles. The largest absolute Gasteiger partial charge is 0.395 e. The molecule has 1 heterocycles. The summed E-state index contributed by atoms with van der Waals surface area (Å²) in [4.78, 5) is 27.8. The third-order valence-corrected chi connectivity index (χ3v) is 4.06. The first-order valence-electron chi connectivity index (χ1n) is 7.46. The van der Waals surface area contributed by atoms with Crippen molar-refractivity contribution in [1.29, 1.82) is 0 Å². The highest BCUT2D eigenvalue weighted by Crippen LogP contribution is 2.32. The van der Waals surface area contributed by atoms with Gasteiger partial charge in [0, 0.05) is 32.1 Å². The lowest BCUT2D eigenvalue weighted by Crippen LogP contribution is -2.48. The molecule has 0 bridgehead atoms. The molecule has 6 heteroatoms. The first-order chi connectivity index (χ1) is 9.67. The summed E-state index contributed by atoms with van der Waals surface area (Å²) >= 11 is 0. The average molecular weight is 284 g/mol. The summed E-state index contributed by atoms with van der Waals surface area (Å²) in [5.74, 6) is 0.138. The van der Waals surface area contributed by atoms with Crippen LogP contribution < -0.4 is 0 Å². The average Bonchev–Trinajstić information content (AvgIpc) is 3.30. The smallest absolute Gasteiger partial charge is 0.227 e. The van der Waals surface area contributed by atoms with Crippen molar-refractivity contribution >= 4 is 11.8 Å². The van der Waals surface area contributed by atoms with E-state index in [1.807, 2.05) is 4.90 Å². The number of piperidine rings is 1. The van der Waals surface area contributed by atoms with Crippen LogP contribution in [-0.2, 0) is 9.59 Å². The van der Waals surface area contributed by atoms with Gasteiger partial charge in [-0.05, 0) is 25.7 Å². The van der Waals surface area contributed by atoms with Crippen LogP contribution in [0, 0.1) is 11.8 Å². The molecule has 1 unspecified atom stereocenters. The number of carbonyl (C=O) groups is 2. The van der Waals surface area contributed by atoms with Crippen LogP contribution in [0.25, 0.3) is 0 Å². The van der Waals surface area contributed by atoms with Crippen molar-refractivity contribution in [2.75, 3.05) is 39.4 Å². The Balaban J connectivity index is 1.92. The lowest BCUT2D eigenvalue weighted by atomic mass is 9.96. The molecule has 0 aromatic carbocycles. The highest BCUT2D eigenvalue weighted by atomic mass is 16.3. The maximum Gasteiger partial charge on any atom is 0.227 e. The van der Waals surface area contributed by atoms with Crippen molar-refractivity contribution < 1.29 is 19.8 Å². The highest BCUT2D eigenvalue weighted by Gasteiger charge is 2.37. The highest BCUT2D eigenvalue weighted by molar-refractivity contribution is 5.83. The summed E-state index contributed by atoms with van der Waals surface area (Å²) in [6.45, 7) is 1.51. The lowest BCUT2D eigenvalue weighted by Gasteiger charge is -2.35. The van der Waals surface area contributed by atoms with E-state index in [0.717, 1.165) is 32.2 Å². The summed E-state index contributed by atoms with van der Waals surface area (Å²) in [5.41, 5.74) is 0. The molecule has 0 aromatic rings. The van der Waals surface area contributed by atoms with Crippen LogP contribution in [0.4, 0.5) is 0 Å². The van der Waals surface area contributed by atoms with E-state index in [4.69, 9.17) is 10.2 Å². The standard InChI is InChI=1S/C14H24N2O4/c17-8-6-15(7-9-18)14(20)12-2-1-5-16(10-12)13(19)11-3-4-11/h11-12,17-18H,1-10H2. The van der Waals surface area contributed by atoms with Crippen molar-refractivity contribution in [1.82, 2.24) is 9.80 Å². The van der Waals surface area contributed by atoms with Gasteiger partial charge in [0.1, 0.15) is 0 Å². The van der Waals surface area contributed by atoms with Gasteiger partial charge in [-0.15, -0.1) is 0 Å². The normalized spacial score (nSPS) is 22.7. The van der Waals surface area contributed by atoms with Crippen molar-refractivity contribution in [2.45, 2.75) is 25.7 Å². The topological polar surface area (TPSA) is 81.1 Å². The van der Waals surface area contributed by atoms with Crippen LogP contribution in [0.3, 0.4) is 0 Å². The molecule has 2 amide bonds. The second-order valence-corrected chi connectivity index (χ2v) is 5.67. The zero-order valence-corrected chi connectivity index (χ0v) is 11.8. The van der Waals surface area contributed by atoms with Gasteiger partial charge in [0.2, 0.25) is 11.8 Å². The SMILES string of the molecule is O=C(C1CCCN(C(=O)C2CC2)C1)N(CCO)CCO. The summed E-state index contributed by atoms with van der Waals surface area (Å²) < 4.78 is 0. The molecule has 0 spiro atoms. The van der Waals surface area contributed by atoms with E-state index in [1.165, 1.54) is 4.90 Å². The fourth-order valence-corrected chi connectivity index (χ4v) is 2.80. The minimum absolute atomic E-state index is 0.0543. The minimum Gasteiger partial charge on any atom is -0.395 e. The molecule has 0 radical (unpaired) electrons. The molecule has 6 nitrogen and oxygen atoms in total. The zero-order chi connectivity index (χ0) is 14.5. The van der Waals surface area contributed by atoms with E-state index in [-0.39, 0.29) is 50.0 Å². The van der Waals surface area contributed by atoms with Gasteiger partial charge in [0.25, 0.3) is 0 Å². The Morgan fingerprint density at radius 2 is 1.70 bits per heavy atom. The molecule has 2 rings (SSSR count). The Hall–Kier alpha value is -1.14. The minimum atomic E-state index is -0.190. The third kappa shape index (κ3) is 3.70. The van der Waals surface area contributed by atoms with E-state index >= 15 is 0 Å². The number of aliphatic hydroxyl groups excluding tert-OH is 2. The van der Waals surface area contributed by atoms with E-state index in [2.05, 4.69) is 0 Å². The molecular weight excluding hydrogens is 260 g/mol. The van der Waals surface area contributed by atoms with E-state index in [9.17, 15) is 9.59 Å². The fourth-order valence-electron chi connectivity index (χ4n) is 2.80. The predicted octanol–water partition coefficient (Wildman–Crippen LogP) is -0.552. The Morgan fingerprint density at radius 1 is 1.05 bits per heavy atom. The maximum atomic E-state index is 12.4. The van der Waals surface area contributed by atoms with Gasteiger partial charge in [-0.3, -0.25) is 9.59 Å². The molecule has 1 aliphatic heterocycles. The summed E-state index contributed by atoms with van der Waals surface area (Å²) in [6, 6.07) is 0. The van der Waals surface area contributed by atoms with Gasteiger partial charge in [0.15, 0.2) is 0 Å². The summed E-state index contributed by atoms with van der Waals surface area (Å²) in [7, 11) is 0. The van der Waals surface area contributed by atoms with Crippen molar-refractivity contribution in [3.63, 3.8) is 0 Å². The maximum absolute atomic E-state index is 12.4. The van der Waals surface area contributed by atoms with Gasteiger partial charge in [-0.2, -0.15) is 0 Å². The molecule has 20 heavy (non-hydrogen) atoms. The second kappa shape index (κ2) is 7.04. The van der Waals surface area contributed by atoms with Gasteiger partial charge in [0.05, 0.1) is 19.1 Å². The summed E-state index contributed by atoms with van der Waals surface area (Å²) in [6.07, 6.45) is 3.59. The van der Waals surface area contributed by atoms with E-state index < -0.39 is 0 Å². The zero-order valence-electron chi connectivity index (χ0n) is 11.8. The number of rotatable bonds is 6. The molecule has 114 valence electrons. The third-order valence-electron chi connectivity index (χ3n) is 4.06. The van der Waals surface area contributed by atoms with Crippen LogP contribution in [0.5, 0.6) is 0 Å².